The van der Waals surface area contributed by atoms with Gasteiger partial charge in [-0.05, 0) is 36.2 Å². The lowest BCUT2D eigenvalue weighted by Gasteiger charge is -2.19. The molecule has 0 aliphatic heterocycles. The number of carbonyl (C=O) groups excluding carboxylic acids is 2. The molecule has 0 aliphatic carbocycles. The number of hydrogen-bond acceptors (Lipinski definition) is 5. The maximum absolute atomic E-state index is 13.0. The average Bonchev–Trinajstić information content (AvgIpc) is 2.69. The Morgan fingerprint density at radius 2 is 1.76 bits per heavy atom. The lowest BCUT2D eigenvalue weighted by molar-refractivity contribution is -0.123. The van der Waals surface area contributed by atoms with E-state index in [9.17, 15) is 22.4 Å². The van der Waals surface area contributed by atoms with Crippen LogP contribution in [-0.4, -0.2) is 45.4 Å². The van der Waals surface area contributed by atoms with Crippen LogP contribution in [0.15, 0.2) is 48.5 Å². The summed E-state index contributed by atoms with van der Waals surface area (Å²) < 4.78 is 41.2. The zero-order valence-corrected chi connectivity index (χ0v) is 17.0. The van der Waals surface area contributed by atoms with Crippen LogP contribution in [0.5, 0.6) is 5.75 Å². The van der Waals surface area contributed by atoms with Gasteiger partial charge in [-0.1, -0.05) is 24.3 Å². The van der Waals surface area contributed by atoms with Crippen LogP contribution in [0, 0.1) is 5.82 Å². The van der Waals surface area contributed by atoms with Crippen molar-refractivity contribution in [2.24, 2.45) is 0 Å². The second-order valence-electron chi connectivity index (χ2n) is 6.49. The molecule has 2 aromatic rings. The Morgan fingerprint density at radius 1 is 1.10 bits per heavy atom. The van der Waals surface area contributed by atoms with Crippen molar-refractivity contribution >= 4 is 21.7 Å². The van der Waals surface area contributed by atoms with Gasteiger partial charge in [0.15, 0.2) is 0 Å². The summed E-state index contributed by atoms with van der Waals surface area (Å²) in [4.78, 5) is 25.2. The van der Waals surface area contributed by atoms with Gasteiger partial charge in [-0.25, -0.2) is 12.8 Å². The molecule has 1 atom stereocenters. The molecule has 0 spiro atoms. The summed E-state index contributed by atoms with van der Waals surface area (Å²) in [7, 11) is -1.92. The zero-order valence-electron chi connectivity index (χ0n) is 16.1. The molecule has 0 saturated carbocycles. The highest BCUT2D eigenvalue weighted by molar-refractivity contribution is 7.90. The van der Waals surface area contributed by atoms with Gasteiger partial charge in [0.05, 0.1) is 18.4 Å². The fourth-order valence-corrected chi connectivity index (χ4v) is 3.25. The van der Waals surface area contributed by atoms with Crippen LogP contribution >= 0.6 is 0 Å². The average molecular weight is 422 g/mol. The Kier molecular flexibility index (Phi) is 7.72. The minimum Gasteiger partial charge on any atom is -0.496 e. The van der Waals surface area contributed by atoms with Gasteiger partial charge >= 0.3 is 0 Å². The lowest BCUT2D eigenvalue weighted by atomic mass is 10.1. The molecule has 2 amide bonds. The third kappa shape index (κ3) is 7.19. The van der Waals surface area contributed by atoms with E-state index in [0.29, 0.717) is 11.3 Å². The molecule has 0 radical (unpaired) electrons. The first-order valence-electron chi connectivity index (χ1n) is 8.83. The van der Waals surface area contributed by atoms with Crippen LogP contribution in [-0.2, 0) is 21.2 Å². The van der Waals surface area contributed by atoms with Gasteiger partial charge in [0.1, 0.15) is 27.4 Å². The van der Waals surface area contributed by atoms with E-state index >= 15 is 0 Å². The Hall–Kier alpha value is -2.94. The molecule has 2 N–H and O–H groups in total. The number of amides is 2. The highest BCUT2D eigenvalue weighted by Crippen LogP contribution is 2.17. The number of rotatable bonds is 9. The minimum absolute atomic E-state index is 0.0883. The number of para-hydroxylation sites is 1. The van der Waals surface area contributed by atoms with Gasteiger partial charge in [-0.2, -0.15) is 0 Å². The number of benzene rings is 2. The Bertz CT molecular complexity index is 961. The van der Waals surface area contributed by atoms with Gasteiger partial charge in [0.25, 0.3) is 5.91 Å². The quantitative estimate of drug-likeness (QED) is 0.640. The molecule has 7 nitrogen and oxygen atoms in total. The molecule has 0 heterocycles. The number of methoxy groups -OCH3 is 1. The van der Waals surface area contributed by atoms with Crippen molar-refractivity contribution < 1.29 is 27.1 Å². The summed E-state index contributed by atoms with van der Waals surface area (Å²) >= 11 is 0. The Labute approximate surface area is 169 Å². The molecular weight excluding hydrogens is 399 g/mol. The standard InChI is InChI=1S/C20H23FN2O5S/c1-28-18-6-4-3-5-16(18)19(24)23-17(11-12-29(2,26)27)20(25)22-13-14-7-9-15(21)10-8-14/h3-10,17H,11-13H2,1-2H3,(H,22,25)(H,23,24)/t17-/m1/s1. The summed E-state index contributed by atoms with van der Waals surface area (Å²) in [6.07, 6.45) is 0.970. The topological polar surface area (TPSA) is 102 Å². The molecule has 29 heavy (non-hydrogen) atoms. The smallest absolute Gasteiger partial charge is 0.255 e. The predicted octanol–water partition coefficient (Wildman–Crippen LogP) is 1.68. The Balaban J connectivity index is 2.11. The maximum atomic E-state index is 13.0. The molecule has 2 aromatic carbocycles. The molecule has 0 fully saturated rings. The van der Waals surface area contributed by atoms with Crippen LogP contribution in [0.1, 0.15) is 22.3 Å². The maximum Gasteiger partial charge on any atom is 0.255 e. The third-order valence-corrected chi connectivity index (χ3v) is 5.11. The van der Waals surface area contributed by atoms with Gasteiger partial charge in [-0.15, -0.1) is 0 Å². The van der Waals surface area contributed by atoms with Crippen molar-refractivity contribution in [1.29, 1.82) is 0 Å². The monoisotopic (exact) mass is 422 g/mol. The van der Waals surface area contributed by atoms with Gasteiger partial charge in [0, 0.05) is 12.8 Å². The van der Waals surface area contributed by atoms with Crippen LogP contribution in [0.25, 0.3) is 0 Å². The molecule has 0 saturated heterocycles. The van der Waals surface area contributed by atoms with Crippen LogP contribution in [0.4, 0.5) is 4.39 Å². The summed E-state index contributed by atoms with van der Waals surface area (Å²) in [6.45, 7) is 0.110. The van der Waals surface area contributed by atoms with Crippen molar-refractivity contribution in [2.45, 2.75) is 19.0 Å². The molecule has 0 unspecified atom stereocenters. The zero-order chi connectivity index (χ0) is 21.4. The molecule has 9 heteroatoms. The minimum atomic E-state index is -3.34. The summed E-state index contributed by atoms with van der Waals surface area (Å²) in [5.41, 5.74) is 0.892. The van der Waals surface area contributed by atoms with E-state index in [1.54, 1.807) is 18.2 Å². The van der Waals surface area contributed by atoms with Gasteiger partial charge in [-0.3, -0.25) is 9.59 Å². The van der Waals surface area contributed by atoms with E-state index in [0.717, 1.165) is 6.26 Å². The van der Waals surface area contributed by atoms with E-state index < -0.39 is 33.5 Å². The van der Waals surface area contributed by atoms with Crippen LogP contribution in [0.2, 0.25) is 0 Å². The number of hydrogen-bond donors (Lipinski definition) is 2. The highest BCUT2D eigenvalue weighted by atomic mass is 32.2. The van der Waals surface area contributed by atoms with Crippen molar-refractivity contribution in [3.05, 3.63) is 65.5 Å². The highest BCUT2D eigenvalue weighted by Gasteiger charge is 2.24. The van der Waals surface area contributed by atoms with E-state index in [1.807, 2.05) is 0 Å². The summed E-state index contributed by atoms with van der Waals surface area (Å²) in [5, 5.41) is 5.21. The number of nitrogens with one attached hydrogen (secondary N) is 2. The second-order valence-corrected chi connectivity index (χ2v) is 8.75. The van der Waals surface area contributed by atoms with Crippen molar-refractivity contribution in [2.75, 3.05) is 19.1 Å². The number of carbonyl (C=O) groups is 2. The fourth-order valence-electron chi connectivity index (χ4n) is 2.58. The SMILES string of the molecule is COc1ccccc1C(=O)N[C@H](CCS(C)(=O)=O)C(=O)NCc1ccc(F)cc1. The largest absolute Gasteiger partial charge is 0.496 e. The number of halogens is 1. The molecule has 0 aromatic heterocycles. The van der Waals surface area contributed by atoms with Crippen molar-refractivity contribution in [3.8, 4) is 5.75 Å². The third-order valence-electron chi connectivity index (χ3n) is 4.13. The predicted molar refractivity (Wildman–Crippen MR) is 107 cm³/mol. The Morgan fingerprint density at radius 3 is 2.38 bits per heavy atom. The molecule has 156 valence electrons. The second kappa shape index (κ2) is 10.0. The van der Waals surface area contributed by atoms with Crippen molar-refractivity contribution in [3.63, 3.8) is 0 Å². The number of sulfone groups is 1. The molecule has 0 aliphatic rings. The van der Waals surface area contributed by atoms with E-state index in [4.69, 9.17) is 4.74 Å². The van der Waals surface area contributed by atoms with E-state index in [2.05, 4.69) is 10.6 Å². The van der Waals surface area contributed by atoms with Crippen molar-refractivity contribution in [1.82, 2.24) is 10.6 Å². The molecule has 0 bridgehead atoms. The van der Waals surface area contributed by atoms with Gasteiger partial charge in [0.2, 0.25) is 5.91 Å². The van der Waals surface area contributed by atoms with Crippen LogP contribution < -0.4 is 15.4 Å². The van der Waals surface area contributed by atoms with E-state index in [1.165, 1.54) is 37.4 Å². The lowest BCUT2D eigenvalue weighted by Crippen LogP contribution is -2.47. The molecule has 2 rings (SSSR count). The number of ether oxygens (including phenoxy) is 1. The van der Waals surface area contributed by atoms with E-state index in [-0.39, 0.29) is 24.3 Å². The first-order chi connectivity index (χ1) is 13.7. The van der Waals surface area contributed by atoms with Crippen LogP contribution in [0.3, 0.4) is 0 Å². The van der Waals surface area contributed by atoms with Gasteiger partial charge < -0.3 is 15.4 Å². The normalized spacial score (nSPS) is 12.1. The molecular formula is C20H23FN2O5S. The first-order valence-corrected chi connectivity index (χ1v) is 10.9. The summed E-state index contributed by atoms with van der Waals surface area (Å²) in [5.74, 6) is -1.43. The summed E-state index contributed by atoms with van der Waals surface area (Å²) in [6, 6.07) is 11.0. The fraction of sp³-hybridized carbons (Fsp3) is 0.300. The first kappa shape index (κ1) is 22.4.